The Labute approximate surface area is 125 Å². The molecule has 0 aromatic carbocycles. The fourth-order valence-electron chi connectivity index (χ4n) is 3.71. The minimum absolute atomic E-state index is 0.0639. The highest BCUT2D eigenvalue weighted by molar-refractivity contribution is 7.07. The van der Waals surface area contributed by atoms with Crippen molar-refractivity contribution in [1.82, 2.24) is 10.2 Å². The Kier molecular flexibility index (Phi) is 4.13. The second kappa shape index (κ2) is 5.86. The van der Waals surface area contributed by atoms with Crippen LogP contribution in [0.2, 0.25) is 0 Å². The Morgan fingerprint density at radius 3 is 2.75 bits per heavy atom. The Morgan fingerprint density at radius 1 is 1.35 bits per heavy atom. The van der Waals surface area contributed by atoms with Gasteiger partial charge in [-0.2, -0.15) is 11.3 Å². The van der Waals surface area contributed by atoms with E-state index in [4.69, 9.17) is 0 Å². The molecule has 1 amide bonds. The molecule has 3 nitrogen and oxygen atoms in total. The van der Waals surface area contributed by atoms with Crippen molar-refractivity contribution in [2.75, 3.05) is 0 Å². The maximum atomic E-state index is 12.6. The summed E-state index contributed by atoms with van der Waals surface area (Å²) in [7, 11) is 0. The van der Waals surface area contributed by atoms with E-state index in [0.717, 1.165) is 0 Å². The summed E-state index contributed by atoms with van der Waals surface area (Å²) in [4.78, 5) is 14.7. The van der Waals surface area contributed by atoms with Gasteiger partial charge in [0.25, 0.3) is 0 Å². The van der Waals surface area contributed by atoms with Crippen molar-refractivity contribution in [2.24, 2.45) is 5.92 Å². The van der Waals surface area contributed by atoms with Gasteiger partial charge < -0.3 is 4.90 Å². The minimum atomic E-state index is -0.0639. The summed E-state index contributed by atoms with van der Waals surface area (Å²) in [6, 6.07) is 2.41. The molecule has 2 heterocycles. The summed E-state index contributed by atoms with van der Waals surface area (Å²) in [6.07, 6.45) is 6.62. The van der Waals surface area contributed by atoms with E-state index in [9.17, 15) is 4.79 Å². The number of carbonyl (C=O) groups is 1. The third-order valence-electron chi connectivity index (χ3n) is 4.94. The molecule has 1 aromatic rings. The lowest BCUT2D eigenvalue weighted by Gasteiger charge is -2.37. The van der Waals surface area contributed by atoms with E-state index in [1.165, 1.54) is 37.7 Å². The summed E-state index contributed by atoms with van der Waals surface area (Å²) < 4.78 is 0. The van der Waals surface area contributed by atoms with Gasteiger partial charge in [-0.25, -0.2) is 0 Å². The van der Waals surface area contributed by atoms with Gasteiger partial charge in [0.05, 0.1) is 6.04 Å². The average molecular weight is 292 g/mol. The highest BCUT2D eigenvalue weighted by Gasteiger charge is 2.42. The SMILES string of the molecule is CC1NC(c2ccsc2)N(C(C)C2CCCCC2)C1=O. The zero-order valence-electron chi connectivity index (χ0n) is 12.3. The molecule has 1 saturated carbocycles. The Hall–Kier alpha value is -0.870. The molecule has 0 spiro atoms. The van der Waals surface area contributed by atoms with Crippen molar-refractivity contribution in [3.63, 3.8) is 0 Å². The number of rotatable bonds is 3. The molecule has 3 unspecified atom stereocenters. The molecular formula is C16H24N2OS. The van der Waals surface area contributed by atoms with Crippen LogP contribution in [0.5, 0.6) is 0 Å². The van der Waals surface area contributed by atoms with Crippen LogP contribution in [-0.2, 0) is 4.79 Å². The Bertz CT molecular complexity index is 453. The summed E-state index contributed by atoms with van der Waals surface area (Å²) in [6.45, 7) is 4.22. The van der Waals surface area contributed by atoms with Crippen LogP contribution in [0.3, 0.4) is 0 Å². The molecule has 0 bridgehead atoms. The second-order valence-electron chi connectivity index (χ2n) is 6.23. The predicted octanol–water partition coefficient (Wildman–Crippen LogP) is 3.54. The Balaban J connectivity index is 1.81. The molecule has 0 radical (unpaired) electrons. The zero-order chi connectivity index (χ0) is 14.1. The molecule has 110 valence electrons. The normalized spacial score (nSPS) is 29.9. The third kappa shape index (κ3) is 2.51. The minimum Gasteiger partial charge on any atom is -0.319 e. The summed E-state index contributed by atoms with van der Waals surface area (Å²) in [5.41, 5.74) is 1.23. The molecular weight excluding hydrogens is 268 g/mol. The lowest BCUT2D eigenvalue weighted by Crippen LogP contribution is -2.43. The monoisotopic (exact) mass is 292 g/mol. The standard InChI is InChI=1S/C16H24N2OS/c1-11-16(19)18(12(2)13-6-4-3-5-7-13)15(17-11)14-8-9-20-10-14/h8-13,15,17H,3-7H2,1-2H3. The van der Waals surface area contributed by atoms with Crippen LogP contribution in [-0.4, -0.2) is 22.9 Å². The van der Waals surface area contributed by atoms with E-state index in [-0.39, 0.29) is 18.1 Å². The van der Waals surface area contributed by atoms with Crippen LogP contribution in [0.1, 0.15) is 57.7 Å². The number of thiophene rings is 1. The molecule has 1 aliphatic heterocycles. The number of hydrogen-bond donors (Lipinski definition) is 1. The molecule has 1 saturated heterocycles. The maximum absolute atomic E-state index is 12.6. The first-order valence-corrected chi connectivity index (χ1v) is 8.73. The molecule has 20 heavy (non-hydrogen) atoms. The molecule has 2 fully saturated rings. The van der Waals surface area contributed by atoms with E-state index in [0.29, 0.717) is 12.0 Å². The molecule has 2 aliphatic rings. The quantitative estimate of drug-likeness (QED) is 0.924. The largest absolute Gasteiger partial charge is 0.319 e. The van der Waals surface area contributed by atoms with Crippen molar-refractivity contribution in [2.45, 2.75) is 64.2 Å². The van der Waals surface area contributed by atoms with E-state index >= 15 is 0 Å². The summed E-state index contributed by atoms with van der Waals surface area (Å²) in [5, 5.41) is 7.71. The van der Waals surface area contributed by atoms with Gasteiger partial charge in [0.2, 0.25) is 5.91 Å². The number of nitrogens with one attached hydrogen (secondary N) is 1. The fourth-order valence-corrected chi connectivity index (χ4v) is 4.39. The number of nitrogens with zero attached hydrogens (tertiary/aromatic N) is 1. The fraction of sp³-hybridized carbons (Fsp3) is 0.688. The van der Waals surface area contributed by atoms with Gasteiger partial charge in [0.15, 0.2) is 0 Å². The molecule has 1 N–H and O–H groups in total. The van der Waals surface area contributed by atoms with Gasteiger partial charge in [-0.05, 0) is 55.0 Å². The van der Waals surface area contributed by atoms with E-state index in [1.54, 1.807) is 11.3 Å². The average Bonchev–Trinajstić information content (AvgIpc) is 3.09. The van der Waals surface area contributed by atoms with Crippen LogP contribution < -0.4 is 5.32 Å². The third-order valence-corrected chi connectivity index (χ3v) is 5.64. The van der Waals surface area contributed by atoms with Gasteiger partial charge >= 0.3 is 0 Å². The predicted molar refractivity (Wildman–Crippen MR) is 82.5 cm³/mol. The van der Waals surface area contributed by atoms with Gasteiger partial charge in [0.1, 0.15) is 6.17 Å². The lowest BCUT2D eigenvalue weighted by molar-refractivity contribution is -0.133. The highest BCUT2D eigenvalue weighted by Crippen LogP contribution is 2.35. The maximum Gasteiger partial charge on any atom is 0.241 e. The van der Waals surface area contributed by atoms with Crippen LogP contribution in [0.25, 0.3) is 0 Å². The first-order valence-electron chi connectivity index (χ1n) is 7.79. The van der Waals surface area contributed by atoms with Crippen molar-refractivity contribution < 1.29 is 4.79 Å². The molecule has 3 rings (SSSR count). The first kappa shape index (κ1) is 14.1. The molecule has 1 aliphatic carbocycles. The van der Waals surface area contributed by atoms with E-state index < -0.39 is 0 Å². The van der Waals surface area contributed by atoms with Crippen molar-refractivity contribution in [3.8, 4) is 0 Å². The van der Waals surface area contributed by atoms with Crippen molar-refractivity contribution >= 4 is 17.2 Å². The van der Waals surface area contributed by atoms with E-state index in [2.05, 4.69) is 34.0 Å². The van der Waals surface area contributed by atoms with Crippen LogP contribution in [0, 0.1) is 5.92 Å². The molecule has 4 heteroatoms. The Morgan fingerprint density at radius 2 is 2.10 bits per heavy atom. The number of carbonyl (C=O) groups excluding carboxylic acids is 1. The highest BCUT2D eigenvalue weighted by atomic mass is 32.1. The van der Waals surface area contributed by atoms with Crippen LogP contribution in [0.15, 0.2) is 16.8 Å². The first-order chi connectivity index (χ1) is 9.68. The number of hydrogen-bond acceptors (Lipinski definition) is 3. The zero-order valence-corrected chi connectivity index (χ0v) is 13.2. The summed E-state index contributed by atoms with van der Waals surface area (Å²) in [5.74, 6) is 0.931. The van der Waals surface area contributed by atoms with Gasteiger partial charge in [0, 0.05) is 6.04 Å². The van der Waals surface area contributed by atoms with Crippen LogP contribution >= 0.6 is 11.3 Å². The summed E-state index contributed by atoms with van der Waals surface area (Å²) >= 11 is 1.70. The number of amides is 1. The second-order valence-corrected chi connectivity index (χ2v) is 7.01. The van der Waals surface area contributed by atoms with E-state index in [1.807, 2.05) is 6.92 Å². The topological polar surface area (TPSA) is 32.3 Å². The van der Waals surface area contributed by atoms with Gasteiger partial charge in [-0.3, -0.25) is 10.1 Å². The van der Waals surface area contributed by atoms with Gasteiger partial charge in [-0.1, -0.05) is 19.3 Å². The van der Waals surface area contributed by atoms with Crippen LogP contribution in [0.4, 0.5) is 0 Å². The lowest BCUT2D eigenvalue weighted by atomic mass is 9.83. The van der Waals surface area contributed by atoms with Crippen molar-refractivity contribution in [1.29, 1.82) is 0 Å². The van der Waals surface area contributed by atoms with Gasteiger partial charge in [-0.15, -0.1) is 0 Å². The molecule has 3 atom stereocenters. The smallest absolute Gasteiger partial charge is 0.241 e. The van der Waals surface area contributed by atoms with Crippen molar-refractivity contribution in [3.05, 3.63) is 22.4 Å². The molecule has 1 aromatic heterocycles.